The molecule has 2 aliphatic rings. The first-order valence-corrected chi connectivity index (χ1v) is 12.4. The fourth-order valence-corrected chi connectivity index (χ4v) is 4.62. The highest BCUT2D eigenvalue weighted by Gasteiger charge is 2.33. The highest BCUT2D eigenvalue weighted by atomic mass is 32.2. The summed E-state index contributed by atoms with van der Waals surface area (Å²) in [6, 6.07) is 0.984. The average Bonchev–Trinajstić information content (AvgIpc) is 3.26. The van der Waals surface area contributed by atoms with E-state index in [2.05, 4.69) is 43.9 Å². The van der Waals surface area contributed by atoms with Gasteiger partial charge in [-0.25, -0.2) is 0 Å². The zero-order valence-corrected chi connectivity index (χ0v) is 20.3. The van der Waals surface area contributed by atoms with Crippen LogP contribution in [-0.2, 0) is 18.9 Å². The Bertz CT molecular complexity index is 449. The summed E-state index contributed by atoms with van der Waals surface area (Å²) in [5, 5.41) is 0. The summed E-state index contributed by atoms with van der Waals surface area (Å²) < 4.78 is 23.8. The van der Waals surface area contributed by atoms with Crippen molar-refractivity contribution in [3.63, 3.8) is 0 Å². The van der Waals surface area contributed by atoms with Crippen LogP contribution in [0.5, 0.6) is 0 Å². The van der Waals surface area contributed by atoms with Crippen LogP contribution in [0.2, 0.25) is 0 Å². The molecule has 0 aromatic heterocycles. The molecular formula is C22H44N2O4S. The number of thioether (sulfide) groups is 1. The predicted molar refractivity (Wildman–Crippen MR) is 121 cm³/mol. The number of methoxy groups -OCH3 is 1. The molecule has 6 nitrogen and oxygen atoms in total. The summed E-state index contributed by atoms with van der Waals surface area (Å²) in [5.41, 5.74) is 0.109. The van der Waals surface area contributed by atoms with Gasteiger partial charge in [0.05, 0.1) is 38.1 Å². The molecule has 0 aliphatic carbocycles. The molecule has 2 heterocycles. The summed E-state index contributed by atoms with van der Waals surface area (Å²) in [6.45, 7) is 12.5. The zero-order valence-electron chi connectivity index (χ0n) is 19.5. The summed E-state index contributed by atoms with van der Waals surface area (Å²) in [6.07, 6.45) is 6.91. The van der Waals surface area contributed by atoms with E-state index in [1.165, 1.54) is 19.4 Å². The molecule has 0 aromatic carbocycles. The Kier molecular flexibility index (Phi) is 11.2. The van der Waals surface area contributed by atoms with Gasteiger partial charge in [-0.05, 0) is 59.9 Å². The van der Waals surface area contributed by atoms with E-state index in [4.69, 9.17) is 18.9 Å². The van der Waals surface area contributed by atoms with Gasteiger partial charge < -0.3 is 23.8 Å². The van der Waals surface area contributed by atoms with Gasteiger partial charge >= 0.3 is 0 Å². The second-order valence-corrected chi connectivity index (χ2v) is 10.4. The summed E-state index contributed by atoms with van der Waals surface area (Å²) in [5.74, 6) is 0. The molecule has 2 aliphatic heterocycles. The number of likely N-dealkylation sites (N-methyl/N-ethyl adjacent to an activating group) is 1. The van der Waals surface area contributed by atoms with Crippen LogP contribution in [0, 0.1) is 0 Å². The minimum absolute atomic E-state index is 0.109. The van der Waals surface area contributed by atoms with Crippen molar-refractivity contribution in [3.05, 3.63) is 0 Å². The van der Waals surface area contributed by atoms with Crippen molar-refractivity contribution in [2.45, 2.75) is 75.7 Å². The zero-order chi connectivity index (χ0) is 21.3. The molecule has 2 rings (SSSR count). The van der Waals surface area contributed by atoms with Crippen LogP contribution in [-0.4, -0.2) is 105 Å². The first-order valence-electron chi connectivity index (χ1n) is 11.2. The fraction of sp³-hybridized carbons (Fsp3) is 1.00. The van der Waals surface area contributed by atoms with Gasteiger partial charge in [0.1, 0.15) is 5.44 Å². The van der Waals surface area contributed by atoms with E-state index in [0.717, 1.165) is 52.4 Å². The van der Waals surface area contributed by atoms with E-state index in [0.29, 0.717) is 12.1 Å². The van der Waals surface area contributed by atoms with Gasteiger partial charge in [0.2, 0.25) is 0 Å². The standard InChI is InChI=1S/C22H44N2O4S/c1-22(2,3)28-17-19-14-20(15-24(19)11-13-25-5)26-12-9-21(29-6)27-16-18-8-7-10-23(18)4/h18-21H,7-17H2,1-6H3/t18?,19-,20+,21?/m0/s1. The van der Waals surface area contributed by atoms with Crippen molar-refractivity contribution in [2.24, 2.45) is 0 Å². The number of nitrogens with zero attached hydrogens (tertiary/aromatic N) is 2. The Labute approximate surface area is 182 Å². The van der Waals surface area contributed by atoms with Gasteiger partial charge in [-0.2, -0.15) is 0 Å². The topological polar surface area (TPSA) is 43.4 Å². The van der Waals surface area contributed by atoms with Crippen LogP contribution >= 0.6 is 11.8 Å². The predicted octanol–water partition coefficient (Wildman–Crippen LogP) is 3.10. The Hall–Kier alpha value is 0.110. The molecule has 172 valence electrons. The molecule has 0 saturated carbocycles. The third-order valence-electron chi connectivity index (χ3n) is 5.90. The van der Waals surface area contributed by atoms with Gasteiger partial charge in [0.25, 0.3) is 0 Å². The Morgan fingerprint density at radius 2 is 1.93 bits per heavy atom. The van der Waals surface area contributed by atoms with Crippen molar-refractivity contribution in [3.8, 4) is 0 Å². The molecule has 2 saturated heterocycles. The van der Waals surface area contributed by atoms with Crippen molar-refractivity contribution in [1.82, 2.24) is 9.80 Å². The largest absolute Gasteiger partial charge is 0.383 e. The quantitative estimate of drug-likeness (QED) is 0.414. The monoisotopic (exact) mass is 432 g/mol. The first-order chi connectivity index (χ1) is 13.8. The minimum atomic E-state index is -0.109. The first kappa shape index (κ1) is 25.4. The lowest BCUT2D eigenvalue weighted by molar-refractivity contribution is -0.0305. The minimum Gasteiger partial charge on any atom is -0.383 e. The maximum atomic E-state index is 6.26. The average molecular weight is 433 g/mol. The van der Waals surface area contributed by atoms with Crippen molar-refractivity contribution in [2.75, 3.05) is 66.5 Å². The second-order valence-electron chi connectivity index (χ2n) is 9.36. The molecule has 0 radical (unpaired) electrons. The smallest absolute Gasteiger partial charge is 0.105 e. The molecular weight excluding hydrogens is 388 g/mol. The molecule has 7 heteroatoms. The SMILES string of the molecule is COCCN1C[C@H](OCCC(OCC2CCCN2C)SC)C[C@H]1COC(C)(C)C. The molecule has 0 aromatic rings. The number of ether oxygens (including phenoxy) is 4. The Morgan fingerprint density at radius 1 is 1.14 bits per heavy atom. The van der Waals surface area contributed by atoms with Crippen molar-refractivity contribution < 1.29 is 18.9 Å². The molecule has 0 spiro atoms. The van der Waals surface area contributed by atoms with Gasteiger partial charge in [0.15, 0.2) is 0 Å². The van der Waals surface area contributed by atoms with Gasteiger partial charge in [-0.3, -0.25) is 4.90 Å². The van der Waals surface area contributed by atoms with E-state index in [1.807, 2.05) is 0 Å². The summed E-state index contributed by atoms with van der Waals surface area (Å²) in [4.78, 5) is 4.87. The van der Waals surface area contributed by atoms with E-state index in [1.54, 1.807) is 18.9 Å². The molecule has 0 bridgehead atoms. The van der Waals surface area contributed by atoms with Crippen LogP contribution in [0.15, 0.2) is 0 Å². The van der Waals surface area contributed by atoms with Crippen molar-refractivity contribution >= 4 is 11.8 Å². The Balaban J connectivity index is 1.70. The number of likely N-dealkylation sites (tertiary alicyclic amines) is 2. The number of hydrogen-bond donors (Lipinski definition) is 0. The molecule has 0 N–H and O–H groups in total. The summed E-state index contributed by atoms with van der Waals surface area (Å²) >= 11 is 1.79. The third-order valence-corrected chi connectivity index (χ3v) is 6.79. The highest BCUT2D eigenvalue weighted by Crippen LogP contribution is 2.24. The third kappa shape index (κ3) is 9.42. The number of hydrogen-bond acceptors (Lipinski definition) is 7. The second kappa shape index (κ2) is 12.8. The lowest BCUT2D eigenvalue weighted by Crippen LogP contribution is -2.38. The van der Waals surface area contributed by atoms with E-state index >= 15 is 0 Å². The van der Waals surface area contributed by atoms with Crippen LogP contribution < -0.4 is 0 Å². The van der Waals surface area contributed by atoms with Crippen LogP contribution in [0.1, 0.15) is 46.5 Å². The van der Waals surface area contributed by atoms with Gasteiger partial charge in [-0.1, -0.05) is 0 Å². The molecule has 2 unspecified atom stereocenters. The Morgan fingerprint density at radius 3 is 2.55 bits per heavy atom. The molecule has 2 fully saturated rings. The number of rotatable bonds is 13. The molecule has 0 amide bonds. The van der Waals surface area contributed by atoms with E-state index in [-0.39, 0.29) is 17.1 Å². The maximum Gasteiger partial charge on any atom is 0.105 e. The molecule has 4 atom stereocenters. The maximum absolute atomic E-state index is 6.26. The lowest BCUT2D eigenvalue weighted by Gasteiger charge is -2.27. The van der Waals surface area contributed by atoms with Crippen LogP contribution in [0.25, 0.3) is 0 Å². The van der Waals surface area contributed by atoms with Crippen LogP contribution in [0.4, 0.5) is 0 Å². The molecule has 29 heavy (non-hydrogen) atoms. The van der Waals surface area contributed by atoms with Gasteiger partial charge in [-0.15, -0.1) is 11.8 Å². The lowest BCUT2D eigenvalue weighted by atomic mass is 10.1. The van der Waals surface area contributed by atoms with Gasteiger partial charge in [0, 0.05) is 38.7 Å². The van der Waals surface area contributed by atoms with E-state index in [9.17, 15) is 0 Å². The van der Waals surface area contributed by atoms with Crippen LogP contribution in [0.3, 0.4) is 0 Å². The fourth-order valence-electron chi connectivity index (χ4n) is 4.07. The summed E-state index contributed by atoms with van der Waals surface area (Å²) in [7, 11) is 3.96. The van der Waals surface area contributed by atoms with E-state index < -0.39 is 0 Å². The normalized spacial score (nSPS) is 27.7. The highest BCUT2D eigenvalue weighted by molar-refractivity contribution is 7.99. The van der Waals surface area contributed by atoms with Crippen molar-refractivity contribution in [1.29, 1.82) is 0 Å².